The third-order valence-corrected chi connectivity index (χ3v) is 17.3. The maximum absolute atomic E-state index is 14.9. The lowest BCUT2D eigenvalue weighted by Gasteiger charge is -2.40. The molecule has 1 unspecified atom stereocenters. The first kappa shape index (κ1) is 66.6. The number of anilines is 1. The van der Waals surface area contributed by atoms with Gasteiger partial charge in [0.05, 0.1) is 23.4 Å². The van der Waals surface area contributed by atoms with Gasteiger partial charge in [-0.1, -0.05) is 88.1 Å². The van der Waals surface area contributed by atoms with Gasteiger partial charge < -0.3 is 86.5 Å². The molecule has 0 saturated carbocycles. The molecular formula is C57H74ClN13O12S2. The Morgan fingerprint density at radius 2 is 1.13 bits per heavy atom. The molecule has 0 aliphatic carbocycles. The van der Waals surface area contributed by atoms with E-state index in [0.29, 0.717) is 65.2 Å². The molecule has 28 heteroatoms. The Bertz CT molecular complexity index is 2950. The van der Waals surface area contributed by atoms with Crippen LogP contribution in [0.4, 0.5) is 5.69 Å². The van der Waals surface area contributed by atoms with Gasteiger partial charge in [-0.15, -0.1) is 0 Å². The molecule has 2 heterocycles. The van der Waals surface area contributed by atoms with Crippen LogP contribution < -0.4 is 71.2 Å². The number of amides is 9. The summed E-state index contributed by atoms with van der Waals surface area (Å²) >= 11 is 6.09. The van der Waals surface area contributed by atoms with Crippen LogP contribution in [-0.2, 0) is 68.8 Å². The zero-order chi connectivity index (χ0) is 61.7. The molecule has 11 atom stereocenters. The van der Waals surface area contributed by atoms with E-state index < -0.39 is 119 Å². The average Bonchev–Trinajstić information content (AvgIpc) is 3.49. The van der Waals surface area contributed by atoms with Crippen molar-refractivity contribution in [2.24, 2.45) is 28.7 Å². The first-order valence-electron chi connectivity index (χ1n) is 27.6. The number of aliphatic hydroxyl groups excluding tert-OH is 1. The van der Waals surface area contributed by atoms with Crippen LogP contribution in [0.25, 0.3) is 0 Å². The highest BCUT2D eigenvalue weighted by atomic mass is 35.5. The van der Waals surface area contributed by atoms with Crippen molar-refractivity contribution in [2.45, 2.75) is 130 Å². The lowest BCUT2D eigenvalue weighted by molar-refractivity contribution is -0.140. The largest absolute Gasteiger partial charge is 0.508 e. The number of phenolic OH excluding ortho intramolecular Hbond substituents is 2. The maximum atomic E-state index is 14.9. The smallest absolute Gasteiger partial charge is 0.246 e. The summed E-state index contributed by atoms with van der Waals surface area (Å²) < 4.78 is 0. The standard InChI is InChI=1S/C57H74ClN13O12S2/c58-34-15-7-30(8-16-34)25-39(62)51(77)69-44-29-84-85-48-46(57(83)66-41(49(63)75)26-32-11-19-36(72)20-12-32)71-56(82)45(47(48)74)70-52(78)40(6-2-4-24-60)65-53(79)42(67-54(80)43(68-55(44)81)28-33-13-21-37(73)22-14-33)27-31-9-17-35(18-10-31)64-50(76)38(61)5-1-3-23-59/h7-22,38-48,72-74H,1-6,23-29,59-62H2,(H2,63,75)(H,64,76)(H,65,79)(H,66,83)(H,67,80)(H,68,81)(H,69,77)(H,70,78)(H,71,82)/t38-,39-,40-,41+,42+,43-,44+,45-,46-,47-,48?/m0/s1. The van der Waals surface area contributed by atoms with Gasteiger partial charge >= 0.3 is 0 Å². The highest BCUT2D eigenvalue weighted by Gasteiger charge is 2.49. The molecule has 2 saturated heterocycles. The lowest BCUT2D eigenvalue weighted by Crippen LogP contribution is -2.71. The van der Waals surface area contributed by atoms with Crippen LogP contribution in [0.3, 0.4) is 0 Å². The normalized spacial score (nSPS) is 22.5. The van der Waals surface area contributed by atoms with Crippen LogP contribution >= 0.6 is 33.2 Å². The van der Waals surface area contributed by atoms with Crippen molar-refractivity contribution in [3.8, 4) is 11.5 Å². The number of hydrogen-bond acceptors (Lipinski definition) is 18. The summed E-state index contributed by atoms with van der Waals surface area (Å²) in [5, 5.41) is 52.5. The molecule has 0 radical (unpaired) electrons. The Kier molecular flexibility index (Phi) is 25.6. The van der Waals surface area contributed by atoms with Gasteiger partial charge in [0.2, 0.25) is 53.2 Å². The number of rotatable bonds is 23. The summed E-state index contributed by atoms with van der Waals surface area (Å²) in [6.07, 6.45) is -0.135. The Hall–Kier alpha value is -7.50. The third kappa shape index (κ3) is 20.3. The summed E-state index contributed by atoms with van der Waals surface area (Å²) in [5.74, 6) is -8.37. The fourth-order valence-corrected chi connectivity index (χ4v) is 12.4. The lowest BCUT2D eigenvalue weighted by atomic mass is 9.94. The first-order valence-corrected chi connectivity index (χ1v) is 30.4. The van der Waals surface area contributed by atoms with Gasteiger partial charge in [-0.25, -0.2) is 0 Å². The van der Waals surface area contributed by atoms with E-state index in [2.05, 4.69) is 42.5 Å². The van der Waals surface area contributed by atoms with Crippen LogP contribution in [0.1, 0.15) is 60.8 Å². The number of unbranched alkanes of at least 4 members (excludes halogenated alkanes) is 2. The number of halogens is 1. The van der Waals surface area contributed by atoms with E-state index in [0.717, 1.165) is 21.6 Å². The number of fused-ring (bicyclic) bond motifs is 2. The van der Waals surface area contributed by atoms with E-state index in [4.69, 9.17) is 40.3 Å². The Morgan fingerprint density at radius 3 is 1.72 bits per heavy atom. The zero-order valence-corrected chi connectivity index (χ0v) is 48.8. The molecule has 4 aromatic carbocycles. The number of nitrogens with one attached hydrogen (secondary N) is 8. The number of carbonyl (C=O) groups is 9. The van der Waals surface area contributed by atoms with Crippen molar-refractivity contribution in [3.05, 3.63) is 124 Å². The molecule has 9 amide bonds. The van der Waals surface area contributed by atoms with Crippen LogP contribution in [0.5, 0.6) is 11.5 Å². The van der Waals surface area contributed by atoms with Crippen molar-refractivity contribution < 1.29 is 58.5 Å². The van der Waals surface area contributed by atoms with Crippen molar-refractivity contribution in [2.75, 3.05) is 24.2 Å². The Labute approximate surface area is 504 Å². The summed E-state index contributed by atoms with van der Waals surface area (Å²) in [7, 11) is 1.65. The molecule has 0 aromatic heterocycles. The molecule has 458 valence electrons. The minimum Gasteiger partial charge on any atom is -0.508 e. The van der Waals surface area contributed by atoms with Gasteiger partial charge in [0, 0.05) is 35.7 Å². The van der Waals surface area contributed by atoms with Crippen molar-refractivity contribution >= 4 is 92.0 Å². The first-order chi connectivity index (χ1) is 40.6. The molecule has 6 rings (SSSR count). The van der Waals surface area contributed by atoms with Crippen molar-refractivity contribution in [1.82, 2.24) is 37.2 Å². The van der Waals surface area contributed by atoms with E-state index in [1.54, 1.807) is 48.5 Å². The molecule has 21 N–H and O–H groups in total. The van der Waals surface area contributed by atoms with Gasteiger partial charge in [0.1, 0.15) is 53.8 Å². The summed E-state index contributed by atoms with van der Waals surface area (Å²) in [6.45, 7) is 0.663. The second kappa shape index (κ2) is 32.7. The van der Waals surface area contributed by atoms with Crippen molar-refractivity contribution in [1.29, 1.82) is 0 Å². The van der Waals surface area contributed by atoms with Gasteiger partial charge in [0.25, 0.3) is 0 Å². The predicted molar refractivity (Wildman–Crippen MR) is 322 cm³/mol. The molecule has 2 aliphatic heterocycles. The zero-order valence-electron chi connectivity index (χ0n) is 46.4. The minimum absolute atomic E-state index is 0.000502. The molecule has 2 aliphatic rings. The number of aliphatic hydroxyl groups is 1. The van der Waals surface area contributed by atoms with Gasteiger partial charge in [-0.05, 0) is 122 Å². The highest BCUT2D eigenvalue weighted by Crippen LogP contribution is 2.35. The number of piperidine rings is 1. The van der Waals surface area contributed by atoms with E-state index >= 15 is 0 Å². The van der Waals surface area contributed by atoms with Crippen LogP contribution in [-0.4, -0.2) is 153 Å². The number of carbonyl (C=O) groups excluding carboxylic acids is 9. The number of benzene rings is 4. The van der Waals surface area contributed by atoms with Crippen LogP contribution in [0.2, 0.25) is 5.02 Å². The monoisotopic (exact) mass is 1230 g/mol. The summed E-state index contributed by atoms with van der Waals surface area (Å²) in [4.78, 5) is 127. The molecule has 85 heavy (non-hydrogen) atoms. The van der Waals surface area contributed by atoms with E-state index in [1.807, 2.05) is 0 Å². The molecule has 4 aromatic rings. The number of primary amides is 1. The quantitative estimate of drug-likeness (QED) is 0.0309. The highest BCUT2D eigenvalue weighted by molar-refractivity contribution is 8.77. The number of hydrogen-bond donors (Lipinski definition) is 16. The molecular weight excluding hydrogens is 1160 g/mol. The second-order valence-electron chi connectivity index (χ2n) is 20.8. The number of phenols is 2. The van der Waals surface area contributed by atoms with Gasteiger partial charge in [-0.3, -0.25) is 43.2 Å². The topological polar surface area (TPSA) is 441 Å². The Morgan fingerprint density at radius 1 is 0.612 bits per heavy atom. The van der Waals surface area contributed by atoms with Gasteiger partial charge in [0.15, 0.2) is 0 Å². The predicted octanol–water partition coefficient (Wildman–Crippen LogP) is -1.11. The summed E-state index contributed by atoms with van der Waals surface area (Å²) in [5.41, 5.74) is 32.1. The number of nitrogens with two attached hydrogens (primary N) is 5. The fourth-order valence-electron chi connectivity index (χ4n) is 9.27. The number of aromatic hydroxyl groups is 2. The SMILES string of the molecule is NCCCC[C@@H]1NC(=O)[C@@H](Cc2ccc(NC(=O)[C@@H](N)CCCCN)cc2)NC(=O)[C@H](Cc2ccc(O)cc2)NC(=O)[C@H](NC(=O)[C@@H](N)Cc2ccc(Cl)cc2)CSSC2[C@@H](C(=O)N[C@H](Cc3ccc(O)cc3)C(N)=O)NC(=O)[C@@H](NC1=O)[C@@H]2O. The summed E-state index contributed by atoms with van der Waals surface area (Å²) in [6, 6.07) is 11.6. The van der Waals surface area contributed by atoms with E-state index in [-0.39, 0.29) is 62.3 Å². The third-order valence-electron chi connectivity index (χ3n) is 14.1. The molecule has 0 spiro atoms. The average molecular weight is 1230 g/mol. The van der Waals surface area contributed by atoms with E-state index in [9.17, 15) is 58.5 Å². The van der Waals surface area contributed by atoms with E-state index in [1.165, 1.54) is 48.5 Å². The molecule has 2 bridgehead atoms. The van der Waals surface area contributed by atoms with Crippen LogP contribution in [0.15, 0.2) is 97.1 Å². The fraction of sp³-hybridized carbons (Fsp3) is 0.421. The van der Waals surface area contributed by atoms with Crippen LogP contribution in [0, 0.1) is 0 Å². The van der Waals surface area contributed by atoms with Gasteiger partial charge in [-0.2, -0.15) is 0 Å². The maximum Gasteiger partial charge on any atom is 0.246 e. The second-order valence-corrected chi connectivity index (χ2v) is 23.8. The minimum atomic E-state index is -1.90. The van der Waals surface area contributed by atoms with Crippen molar-refractivity contribution in [3.63, 3.8) is 0 Å². The molecule has 2 fully saturated rings. The molecule has 25 nitrogen and oxygen atoms in total. The Balaban J connectivity index is 1.39.